The minimum absolute atomic E-state index is 0.0130. The number of piperidine rings is 1. The first-order valence-electron chi connectivity index (χ1n) is 9.53. The van der Waals surface area contributed by atoms with Crippen molar-refractivity contribution in [2.75, 3.05) is 51.2 Å². The molecule has 9 heteroatoms. The van der Waals surface area contributed by atoms with Crippen LogP contribution >= 0.6 is 0 Å². The summed E-state index contributed by atoms with van der Waals surface area (Å²) in [4.78, 5) is 14.6. The van der Waals surface area contributed by atoms with Crippen LogP contribution in [0.25, 0.3) is 0 Å². The van der Waals surface area contributed by atoms with Crippen LogP contribution in [-0.4, -0.2) is 64.0 Å². The second-order valence-electron chi connectivity index (χ2n) is 8.12. The van der Waals surface area contributed by atoms with E-state index >= 15 is 0 Å². The molecule has 1 N–H and O–H groups in total. The molecule has 3 rings (SSSR count). The quantitative estimate of drug-likeness (QED) is 0.594. The lowest BCUT2D eigenvalue weighted by Gasteiger charge is -2.34. The molecule has 0 saturated carbocycles. The summed E-state index contributed by atoms with van der Waals surface area (Å²) in [5, 5.41) is 11.7. The molecule has 1 aromatic carbocycles. The van der Waals surface area contributed by atoms with Gasteiger partial charge in [0.05, 0.1) is 43.0 Å². The van der Waals surface area contributed by atoms with Gasteiger partial charge in [0.1, 0.15) is 5.69 Å². The number of sulfonamides is 1. The highest BCUT2D eigenvalue weighted by Gasteiger charge is 2.34. The molecule has 0 bridgehead atoms. The standard InChI is InChI=1S/C18H28N4O4S/c1-14-10-15(2)13-21(12-14)27(25,26)16-4-5-17(18(11-16)22(23)24)20-8-6-19(3)7-9-20/h4-5,11,14-15H,6-10,12-13H2,1-3H3/p+1/t14-,15-/m1/s1. The second-order valence-corrected chi connectivity index (χ2v) is 10.1. The maximum atomic E-state index is 13.1. The molecule has 0 spiro atoms. The van der Waals surface area contributed by atoms with Crippen molar-refractivity contribution in [1.82, 2.24) is 4.31 Å². The normalized spacial score (nSPS) is 25.5. The maximum Gasteiger partial charge on any atom is 0.293 e. The number of rotatable bonds is 4. The Morgan fingerprint density at radius 1 is 1.15 bits per heavy atom. The van der Waals surface area contributed by atoms with Gasteiger partial charge in [-0.3, -0.25) is 10.1 Å². The average molecular weight is 398 g/mol. The zero-order valence-corrected chi connectivity index (χ0v) is 17.0. The highest BCUT2D eigenvalue weighted by atomic mass is 32.2. The lowest BCUT2D eigenvalue weighted by atomic mass is 9.94. The van der Waals surface area contributed by atoms with Crippen LogP contribution in [-0.2, 0) is 10.0 Å². The summed E-state index contributed by atoms with van der Waals surface area (Å²) in [5.41, 5.74) is 0.376. The molecule has 2 atom stereocenters. The molecule has 0 radical (unpaired) electrons. The van der Waals surface area contributed by atoms with Crippen LogP contribution in [0.5, 0.6) is 0 Å². The molecular weight excluding hydrogens is 368 g/mol. The maximum absolute atomic E-state index is 13.1. The molecule has 0 unspecified atom stereocenters. The summed E-state index contributed by atoms with van der Waals surface area (Å²) >= 11 is 0. The van der Waals surface area contributed by atoms with Crippen LogP contribution < -0.4 is 9.80 Å². The minimum atomic E-state index is -3.73. The first-order valence-corrected chi connectivity index (χ1v) is 11.0. The molecule has 2 heterocycles. The molecule has 150 valence electrons. The lowest BCUT2D eigenvalue weighted by molar-refractivity contribution is -0.880. The molecule has 8 nitrogen and oxygen atoms in total. The van der Waals surface area contributed by atoms with Crippen LogP contribution in [0, 0.1) is 22.0 Å². The summed E-state index contributed by atoms with van der Waals surface area (Å²) < 4.78 is 27.6. The number of nitrogens with zero attached hydrogens (tertiary/aromatic N) is 3. The van der Waals surface area contributed by atoms with Gasteiger partial charge in [-0.2, -0.15) is 4.31 Å². The molecule has 0 aliphatic carbocycles. The van der Waals surface area contributed by atoms with Gasteiger partial charge in [-0.1, -0.05) is 13.8 Å². The summed E-state index contributed by atoms with van der Waals surface area (Å²) in [5.74, 6) is 0.566. The number of benzene rings is 1. The number of likely N-dealkylation sites (N-methyl/N-ethyl adjacent to an activating group) is 1. The van der Waals surface area contributed by atoms with Crippen molar-refractivity contribution in [3.63, 3.8) is 0 Å². The Labute approximate surface area is 160 Å². The van der Waals surface area contributed by atoms with Gasteiger partial charge >= 0.3 is 0 Å². The monoisotopic (exact) mass is 397 g/mol. The van der Waals surface area contributed by atoms with Crippen molar-refractivity contribution in [1.29, 1.82) is 0 Å². The van der Waals surface area contributed by atoms with Gasteiger partial charge in [0, 0.05) is 19.2 Å². The van der Waals surface area contributed by atoms with E-state index in [1.807, 2.05) is 18.7 Å². The number of anilines is 1. The number of nitro benzene ring substituents is 1. The summed E-state index contributed by atoms with van der Waals surface area (Å²) in [6.45, 7) is 8.26. The third-order valence-electron chi connectivity index (χ3n) is 5.57. The highest BCUT2D eigenvalue weighted by Crippen LogP contribution is 2.33. The fourth-order valence-corrected chi connectivity index (χ4v) is 5.86. The SMILES string of the molecule is C[C@@H]1C[C@@H](C)CN(S(=O)(=O)c2ccc(N3CC[NH+](C)CC3)c([N+](=O)[O-])c2)C1. The molecule has 2 fully saturated rings. The Bertz CT molecular complexity index is 796. The fourth-order valence-electron chi connectivity index (χ4n) is 4.16. The van der Waals surface area contributed by atoms with E-state index in [-0.39, 0.29) is 22.4 Å². The van der Waals surface area contributed by atoms with Gasteiger partial charge in [0.2, 0.25) is 10.0 Å². The van der Waals surface area contributed by atoms with Gasteiger partial charge in [0.25, 0.3) is 5.69 Å². The molecule has 0 amide bonds. The average Bonchev–Trinajstić information content (AvgIpc) is 2.61. The van der Waals surface area contributed by atoms with Gasteiger partial charge in [-0.15, -0.1) is 0 Å². The van der Waals surface area contributed by atoms with Crippen molar-refractivity contribution in [2.24, 2.45) is 11.8 Å². The predicted molar refractivity (Wildman–Crippen MR) is 104 cm³/mol. The van der Waals surface area contributed by atoms with E-state index in [4.69, 9.17) is 0 Å². The number of quaternary nitrogens is 1. The van der Waals surface area contributed by atoms with Gasteiger partial charge in [-0.25, -0.2) is 8.42 Å². The van der Waals surface area contributed by atoms with E-state index in [0.29, 0.717) is 18.8 Å². The first kappa shape index (κ1) is 20.0. The van der Waals surface area contributed by atoms with E-state index < -0.39 is 14.9 Å². The van der Waals surface area contributed by atoms with Crippen molar-refractivity contribution in [2.45, 2.75) is 25.2 Å². The molecule has 0 aromatic heterocycles. The van der Waals surface area contributed by atoms with Gasteiger partial charge < -0.3 is 9.80 Å². The Morgan fingerprint density at radius 3 is 2.30 bits per heavy atom. The first-order chi connectivity index (χ1) is 12.7. The van der Waals surface area contributed by atoms with Crippen molar-refractivity contribution in [3.8, 4) is 0 Å². The van der Waals surface area contributed by atoms with Crippen molar-refractivity contribution < 1.29 is 18.2 Å². The molecule has 2 aliphatic rings. The zero-order chi connectivity index (χ0) is 19.8. The number of hydrogen-bond donors (Lipinski definition) is 1. The van der Waals surface area contributed by atoms with Crippen LogP contribution in [0.1, 0.15) is 20.3 Å². The lowest BCUT2D eigenvalue weighted by Crippen LogP contribution is -3.12. The van der Waals surface area contributed by atoms with Crippen LogP contribution in [0.15, 0.2) is 23.1 Å². The molecular formula is C18H29N4O4S+. The van der Waals surface area contributed by atoms with Crippen LogP contribution in [0.4, 0.5) is 11.4 Å². The third kappa shape index (κ3) is 4.25. The van der Waals surface area contributed by atoms with E-state index in [1.165, 1.54) is 21.3 Å². The zero-order valence-electron chi connectivity index (χ0n) is 16.2. The predicted octanol–water partition coefficient (Wildman–Crippen LogP) is 0.596. The van der Waals surface area contributed by atoms with Crippen molar-refractivity contribution >= 4 is 21.4 Å². The summed E-state index contributed by atoms with van der Waals surface area (Å²) in [6.07, 6.45) is 0.997. The van der Waals surface area contributed by atoms with E-state index in [9.17, 15) is 18.5 Å². The van der Waals surface area contributed by atoms with Gasteiger partial charge in [-0.05, 0) is 30.4 Å². The number of nitro groups is 1. The summed E-state index contributed by atoms with van der Waals surface area (Å²) in [7, 11) is -1.63. The number of nitrogens with one attached hydrogen (secondary N) is 1. The Hall–Kier alpha value is -1.71. The van der Waals surface area contributed by atoms with E-state index in [0.717, 1.165) is 32.6 Å². The van der Waals surface area contributed by atoms with Gasteiger partial charge in [0.15, 0.2) is 0 Å². The van der Waals surface area contributed by atoms with E-state index in [1.54, 1.807) is 6.07 Å². The smallest absolute Gasteiger partial charge is 0.293 e. The Morgan fingerprint density at radius 2 is 1.74 bits per heavy atom. The molecule has 2 aliphatic heterocycles. The summed E-state index contributed by atoms with van der Waals surface area (Å²) in [6, 6.07) is 4.36. The van der Waals surface area contributed by atoms with Crippen LogP contribution in [0.3, 0.4) is 0 Å². The van der Waals surface area contributed by atoms with E-state index in [2.05, 4.69) is 7.05 Å². The van der Waals surface area contributed by atoms with Crippen molar-refractivity contribution in [3.05, 3.63) is 28.3 Å². The molecule has 2 saturated heterocycles. The topological polar surface area (TPSA) is 88.2 Å². The highest BCUT2D eigenvalue weighted by molar-refractivity contribution is 7.89. The fraction of sp³-hybridized carbons (Fsp3) is 0.667. The third-order valence-corrected chi connectivity index (χ3v) is 7.40. The number of piperazine rings is 1. The Balaban J connectivity index is 1.92. The minimum Gasteiger partial charge on any atom is -0.355 e. The second kappa shape index (κ2) is 7.73. The number of hydrogen-bond acceptors (Lipinski definition) is 5. The van der Waals surface area contributed by atoms with Crippen LogP contribution in [0.2, 0.25) is 0 Å². The molecule has 1 aromatic rings. The largest absolute Gasteiger partial charge is 0.355 e. The Kier molecular flexibility index (Phi) is 5.73. The molecule has 27 heavy (non-hydrogen) atoms.